The molecule has 0 saturated carbocycles. The molecule has 1 aliphatic heterocycles. The van der Waals surface area contributed by atoms with E-state index in [-0.39, 0.29) is 6.61 Å². The number of nitrogens with one attached hydrogen (secondary N) is 1. The van der Waals surface area contributed by atoms with Crippen LogP contribution in [0.3, 0.4) is 0 Å². The number of nitrogens with two attached hydrogens (primary N) is 1. The van der Waals surface area contributed by atoms with E-state index in [9.17, 15) is 14.4 Å². The van der Waals surface area contributed by atoms with Crippen molar-refractivity contribution < 1.29 is 19.1 Å². The third-order valence-corrected chi connectivity index (χ3v) is 4.44. The van der Waals surface area contributed by atoms with Crippen LogP contribution < -0.4 is 15.8 Å². The Labute approximate surface area is 157 Å². The van der Waals surface area contributed by atoms with Crippen molar-refractivity contribution in [2.45, 2.75) is 19.9 Å². The van der Waals surface area contributed by atoms with Crippen LogP contribution in [0.5, 0.6) is 5.75 Å². The van der Waals surface area contributed by atoms with Crippen LogP contribution in [-0.2, 0) is 27.3 Å². The number of aryl methyl sites for hydroxylation is 1. The van der Waals surface area contributed by atoms with Gasteiger partial charge in [-0.1, -0.05) is 24.3 Å². The minimum Gasteiger partial charge on any atom is -0.484 e. The standard InChI is InChI=1S/C20H21N3O4/c1-13-10-16(27-12-18(21)24)6-7-17(13)22-19(25)20(26)23-9-8-14-4-2-3-5-15(14)11-23/h2-7,10H,8-9,11-12H2,1H3,(H2,21,24)(H,22,25). The summed E-state index contributed by atoms with van der Waals surface area (Å²) in [5.41, 5.74) is 8.55. The second-order valence-corrected chi connectivity index (χ2v) is 6.43. The zero-order valence-corrected chi connectivity index (χ0v) is 15.0. The van der Waals surface area contributed by atoms with Crippen LogP contribution in [0.1, 0.15) is 16.7 Å². The third kappa shape index (κ3) is 4.44. The van der Waals surface area contributed by atoms with E-state index in [2.05, 4.69) is 5.32 Å². The third-order valence-electron chi connectivity index (χ3n) is 4.44. The van der Waals surface area contributed by atoms with Crippen LogP contribution in [0.2, 0.25) is 0 Å². The van der Waals surface area contributed by atoms with Crippen molar-refractivity contribution in [1.82, 2.24) is 4.90 Å². The molecule has 0 radical (unpaired) electrons. The Bertz CT molecular complexity index is 895. The number of amides is 3. The van der Waals surface area contributed by atoms with Gasteiger partial charge >= 0.3 is 11.8 Å². The lowest BCUT2D eigenvalue weighted by Gasteiger charge is -2.28. The molecule has 2 aromatic rings. The van der Waals surface area contributed by atoms with Crippen LogP contribution in [0.15, 0.2) is 42.5 Å². The number of fused-ring (bicyclic) bond motifs is 1. The van der Waals surface area contributed by atoms with Gasteiger partial charge in [-0.25, -0.2) is 0 Å². The molecule has 2 aromatic carbocycles. The summed E-state index contributed by atoms with van der Waals surface area (Å²) in [5.74, 6) is -1.34. The zero-order valence-electron chi connectivity index (χ0n) is 15.0. The number of anilines is 1. The van der Waals surface area contributed by atoms with Crippen LogP contribution in [0.25, 0.3) is 0 Å². The maximum atomic E-state index is 12.5. The molecule has 7 heteroatoms. The number of hydrogen-bond acceptors (Lipinski definition) is 4. The van der Waals surface area contributed by atoms with Gasteiger partial charge in [0.15, 0.2) is 6.61 Å². The summed E-state index contributed by atoms with van der Waals surface area (Å²) >= 11 is 0. The molecule has 7 nitrogen and oxygen atoms in total. The summed E-state index contributed by atoms with van der Waals surface area (Å²) in [6.07, 6.45) is 0.736. The van der Waals surface area contributed by atoms with Crippen molar-refractivity contribution >= 4 is 23.4 Å². The summed E-state index contributed by atoms with van der Waals surface area (Å²) in [4.78, 5) is 37.2. The molecule has 1 heterocycles. The van der Waals surface area contributed by atoms with Gasteiger partial charge < -0.3 is 20.7 Å². The van der Waals surface area contributed by atoms with Gasteiger partial charge in [-0.05, 0) is 48.2 Å². The van der Waals surface area contributed by atoms with Crippen molar-refractivity contribution in [3.05, 3.63) is 59.2 Å². The number of ether oxygens (including phenoxy) is 1. The fourth-order valence-corrected chi connectivity index (χ4v) is 3.01. The highest BCUT2D eigenvalue weighted by molar-refractivity contribution is 6.39. The predicted molar refractivity (Wildman–Crippen MR) is 100 cm³/mol. The molecule has 3 rings (SSSR count). The first-order valence-corrected chi connectivity index (χ1v) is 8.63. The molecule has 0 aliphatic carbocycles. The van der Waals surface area contributed by atoms with Crippen LogP contribution in [0, 0.1) is 6.92 Å². The average molecular weight is 367 g/mol. The molecule has 0 aromatic heterocycles. The topological polar surface area (TPSA) is 102 Å². The monoisotopic (exact) mass is 367 g/mol. The molecule has 3 N–H and O–H groups in total. The quantitative estimate of drug-likeness (QED) is 0.797. The Kier molecular flexibility index (Phi) is 5.40. The molecule has 140 valence electrons. The Balaban J connectivity index is 1.63. The SMILES string of the molecule is Cc1cc(OCC(N)=O)ccc1NC(=O)C(=O)N1CCc2ccccc2C1. The molecule has 27 heavy (non-hydrogen) atoms. The highest BCUT2D eigenvalue weighted by Crippen LogP contribution is 2.22. The van der Waals surface area contributed by atoms with E-state index < -0.39 is 17.7 Å². The first-order valence-electron chi connectivity index (χ1n) is 8.63. The Morgan fingerprint density at radius 3 is 2.59 bits per heavy atom. The number of benzene rings is 2. The highest BCUT2D eigenvalue weighted by atomic mass is 16.5. The number of primary amides is 1. The molecule has 3 amide bonds. The van der Waals surface area contributed by atoms with E-state index in [1.54, 1.807) is 30.0 Å². The summed E-state index contributed by atoms with van der Waals surface area (Å²) < 4.78 is 5.22. The highest BCUT2D eigenvalue weighted by Gasteiger charge is 2.26. The van der Waals surface area contributed by atoms with Gasteiger partial charge in [0.2, 0.25) is 0 Å². The number of carbonyl (C=O) groups is 3. The normalized spacial score (nSPS) is 12.9. The van der Waals surface area contributed by atoms with Crippen molar-refractivity contribution in [2.24, 2.45) is 5.73 Å². The van der Waals surface area contributed by atoms with E-state index in [0.717, 1.165) is 12.0 Å². The van der Waals surface area contributed by atoms with Crippen molar-refractivity contribution in [3.8, 4) is 5.75 Å². The first-order chi connectivity index (χ1) is 12.9. The predicted octanol–water partition coefficient (Wildman–Crippen LogP) is 1.38. The first kappa shape index (κ1) is 18.4. The minimum absolute atomic E-state index is 0.222. The van der Waals surface area contributed by atoms with Gasteiger partial charge in [-0.2, -0.15) is 0 Å². The fraction of sp³-hybridized carbons (Fsp3) is 0.250. The van der Waals surface area contributed by atoms with Crippen molar-refractivity contribution in [3.63, 3.8) is 0 Å². The average Bonchev–Trinajstić information content (AvgIpc) is 2.67. The number of hydrogen-bond donors (Lipinski definition) is 2. The Morgan fingerprint density at radius 1 is 1.15 bits per heavy atom. The molecule has 0 bridgehead atoms. The van der Waals surface area contributed by atoms with Gasteiger partial charge in [-0.3, -0.25) is 14.4 Å². The second-order valence-electron chi connectivity index (χ2n) is 6.43. The smallest absolute Gasteiger partial charge is 0.313 e. The van der Waals surface area contributed by atoms with Crippen LogP contribution in [0.4, 0.5) is 5.69 Å². The van der Waals surface area contributed by atoms with Crippen LogP contribution >= 0.6 is 0 Å². The molecule has 1 aliphatic rings. The van der Waals surface area contributed by atoms with E-state index in [0.29, 0.717) is 30.1 Å². The zero-order chi connectivity index (χ0) is 19.4. The van der Waals surface area contributed by atoms with E-state index in [1.165, 1.54) is 5.56 Å². The van der Waals surface area contributed by atoms with Gasteiger partial charge in [0.05, 0.1) is 0 Å². The van der Waals surface area contributed by atoms with Gasteiger partial charge in [0.1, 0.15) is 5.75 Å². The van der Waals surface area contributed by atoms with Gasteiger partial charge in [0.25, 0.3) is 5.91 Å². The van der Waals surface area contributed by atoms with E-state index in [1.807, 2.05) is 24.3 Å². The Morgan fingerprint density at radius 2 is 1.89 bits per heavy atom. The second kappa shape index (κ2) is 7.90. The lowest BCUT2D eigenvalue weighted by molar-refractivity contribution is -0.143. The van der Waals surface area contributed by atoms with Gasteiger partial charge in [-0.15, -0.1) is 0 Å². The number of nitrogens with zero attached hydrogens (tertiary/aromatic N) is 1. The molecular formula is C20H21N3O4. The number of rotatable bonds is 4. The van der Waals surface area contributed by atoms with E-state index >= 15 is 0 Å². The number of carbonyl (C=O) groups excluding carboxylic acids is 3. The Hall–Kier alpha value is -3.35. The molecule has 0 atom stereocenters. The molecule has 0 saturated heterocycles. The van der Waals surface area contributed by atoms with Gasteiger partial charge in [0, 0.05) is 18.8 Å². The summed E-state index contributed by atoms with van der Waals surface area (Å²) in [7, 11) is 0. The summed E-state index contributed by atoms with van der Waals surface area (Å²) in [5, 5.41) is 2.65. The van der Waals surface area contributed by atoms with E-state index in [4.69, 9.17) is 10.5 Å². The molecule has 0 unspecified atom stereocenters. The summed E-state index contributed by atoms with van der Waals surface area (Å²) in [6, 6.07) is 12.8. The fourth-order valence-electron chi connectivity index (χ4n) is 3.01. The van der Waals surface area contributed by atoms with Crippen LogP contribution in [-0.4, -0.2) is 35.8 Å². The lowest BCUT2D eigenvalue weighted by atomic mass is 10.00. The lowest BCUT2D eigenvalue weighted by Crippen LogP contribution is -2.42. The maximum absolute atomic E-state index is 12.5. The van der Waals surface area contributed by atoms with Crippen molar-refractivity contribution in [1.29, 1.82) is 0 Å². The maximum Gasteiger partial charge on any atom is 0.313 e. The summed E-state index contributed by atoms with van der Waals surface area (Å²) in [6.45, 7) is 2.50. The molecular weight excluding hydrogens is 346 g/mol. The molecule has 0 spiro atoms. The van der Waals surface area contributed by atoms with Crippen molar-refractivity contribution in [2.75, 3.05) is 18.5 Å². The largest absolute Gasteiger partial charge is 0.484 e. The minimum atomic E-state index is -0.678. The molecule has 0 fully saturated rings.